The Bertz CT molecular complexity index is 640. The van der Waals surface area contributed by atoms with Crippen LogP contribution in [-0.2, 0) is 13.1 Å². The van der Waals surface area contributed by atoms with Gasteiger partial charge in [-0.05, 0) is 27.7 Å². The average molecular weight is 276 g/mol. The molecule has 2 aromatic heterocycles. The van der Waals surface area contributed by atoms with Gasteiger partial charge in [0.1, 0.15) is 0 Å². The Morgan fingerprint density at radius 1 is 1.30 bits per heavy atom. The van der Waals surface area contributed by atoms with Crippen molar-refractivity contribution in [3.63, 3.8) is 0 Å². The fourth-order valence-corrected chi connectivity index (χ4v) is 2.13. The quantitative estimate of drug-likeness (QED) is 0.886. The SMILES string of the molecule is CCn1cc(N)c(C(=O)Nc2c(C)nn(CC)c2C)n1. The van der Waals surface area contributed by atoms with Crippen LogP contribution in [0.25, 0.3) is 0 Å². The van der Waals surface area contributed by atoms with Gasteiger partial charge < -0.3 is 11.1 Å². The van der Waals surface area contributed by atoms with Crippen LogP contribution in [0.1, 0.15) is 35.7 Å². The summed E-state index contributed by atoms with van der Waals surface area (Å²) in [7, 11) is 0. The lowest BCUT2D eigenvalue weighted by molar-refractivity contribution is 0.102. The van der Waals surface area contributed by atoms with Crippen molar-refractivity contribution in [3.05, 3.63) is 23.3 Å². The van der Waals surface area contributed by atoms with E-state index in [2.05, 4.69) is 15.5 Å². The maximum absolute atomic E-state index is 12.3. The number of hydrogen-bond donors (Lipinski definition) is 2. The number of carbonyl (C=O) groups excluding carboxylic acids is 1. The van der Waals surface area contributed by atoms with Crippen LogP contribution in [-0.4, -0.2) is 25.5 Å². The molecule has 20 heavy (non-hydrogen) atoms. The second-order valence-electron chi connectivity index (χ2n) is 4.60. The van der Waals surface area contributed by atoms with E-state index >= 15 is 0 Å². The second kappa shape index (κ2) is 5.36. The topological polar surface area (TPSA) is 90.8 Å². The third-order valence-corrected chi connectivity index (χ3v) is 3.25. The van der Waals surface area contributed by atoms with Crippen LogP contribution < -0.4 is 11.1 Å². The molecule has 0 saturated heterocycles. The van der Waals surface area contributed by atoms with E-state index in [1.807, 2.05) is 32.4 Å². The minimum Gasteiger partial charge on any atom is -0.396 e. The molecular weight excluding hydrogens is 256 g/mol. The summed E-state index contributed by atoms with van der Waals surface area (Å²) in [5.74, 6) is -0.309. The molecule has 0 aromatic carbocycles. The van der Waals surface area contributed by atoms with Crippen LogP contribution in [0.2, 0.25) is 0 Å². The Hall–Kier alpha value is -2.31. The minimum absolute atomic E-state index is 0.245. The van der Waals surface area contributed by atoms with Crippen LogP contribution >= 0.6 is 0 Å². The van der Waals surface area contributed by atoms with Gasteiger partial charge in [-0.2, -0.15) is 10.2 Å². The first-order chi connectivity index (χ1) is 9.47. The van der Waals surface area contributed by atoms with Crippen molar-refractivity contribution in [1.82, 2.24) is 19.6 Å². The van der Waals surface area contributed by atoms with Crippen molar-refractivity contribution in [1.29, 1.82) is 0 Å². The number of anilines is 2. The molecule has 3 N–H and O–H groups in total. The maximum atomic E-state index is 12.3. The number of nitrogen functional groups attached to an aromatic ring is 1. The molecule has 0 saturated carbocycles. The van der Waals surface area contributed by atoms with Crippen molar-refractivity contribution >= 4 is 17.3 Å². The molecule has 1 amide bonds. The van der Waals surface area contributed by atoms with Gasteiger partial charge in [0.15, 0.2) is 5.69 Å². The minimum atomic E-state index is -0.309. The Kier molecular flexibility index (Phi) is 3.78. The summed E-state index contributed by atoms with van der Waals surface area (Å²) in [6.07, 6.45) is 1.66. The smallest absolute Gasteiger partial charge is 0.278 e. The second-order valence-corrected chi connectivity index (χ2v) is 4.60. The molecule has 0 aliphatic carbocycles. The number of amides is 1. The summed E-state index contributed by atoms with van der Waals surface area (Å²) >= 11 is 0. The molecule has 0 unspecified atom stereocenters. The van der Waals surface area contributed by atoms with Crippen LogP contribution in [0, 0.1) is 13.8 Å². The van der Waals surface area contributed by atoms with Gasteiger partial charge >= 0.3 is 0 Å². The van der Waals surface area contributed by atoms with Gasteiger partial charge in [-0.3, -0.25) is 14.2 Å². The van der Waals surface area contributed by atoms with Crippen LogP contribution in [0.5, 0.6) is 0 Å². The number of rotatable bonds is 4. The van der Waals surface area contributed by atoms with Crippen molar-refractivity contribution in [2.75, 3.05) is 11.1 Å². The van der Waals surface area contributed by atoms with Gasteiger partial charge in [0, 0.05) is 19.3 Å². The molecule has 0 fully saturated rings. The third kappa shape index (κ3) is 2.38. The highest BCUT2D eigenvalue weighted by molar-refractivity contribution is 6.06. The van der Waals surface area contributed by atoms with Crippen molar-refractivity contribution in [3.8, 4) is 0 Å². The Labute approximate surface area is 117 Å². The van der Waals surface area contributed by atoms with Crippen LogP contribution in [0.15, 0.2) is 6.20 Å². The fourth-order valence-electron chi connectivity index (χ4n) is 2.13. The van der Waals surface area contributed by atoms with E-state index in [0.717, 1.165) is 23.6 Å². The zero-order chi connectivity index (χ0) is 14.9. The van der Waals surface area contributed by atoms with Crippen molar-refractivity contribution in [2.45, 2.75) is 40.8 Å². The molecule has 2 aromatic rings. The molecule has 7 heteroatoms. The monoisotopic (exact) mass is 276 g/mol. The van der Waals surface area contributed by atoms with E-state index in [-0.39, 0.29) is 11.6 Å². The normalized spacial score (nSPS) is 10.8. The summed E-state index contributed by atoms with van der Waals surface area (Å²) in [6, 6.07) is 0. The number of nitrogens with zero attached hydrogens (tertiary/aromatic N) is 4. The van der Waals surface area contributed by atoms with E-state index < -0.39 is 0 Å². The number of hydrogen-bond acceptors (Lipinski definition) is 4. The summed E-state index contributed by atoms with van der Waals surface area (Å²) in [6.45, 7) is 9.16. The molecule has 108 valence electrons. The van der Waals surface area contributed by atoms with E-state index in [4.69, 9.17) is 5.73 Å². The largest absolute Gasteiger partial charge is 0.396 e. The summed E-state index contributed by atoms with van der Waals surface area (Å²) in [5.41, 5.74) is 8.87. The lowest BCUT2D eigenvalue weighted by atomic mass is 10.3. The number of aryl methyl sites for hydroxylation is 3. The van der Waals surface area contributed by atoms with Gasteiger partial charge in [-0.1, -0.05) is 0 Å². The number of nitrogens with one attached hydrogen (secondary N) is 1. The van der Waals surface area contributed by atoms with E-state index in [1.54, 1.807) is 10.9 Å². The van der Waals surface area contributed by atoms with Crippen molar-refractivity contribution < 1.29 is 4.79 Å². The Morgan fingerprint density at radius 3 is 2.50 bits per heavy atom. The van der Waals surface area contributed by atoms with Gasteiger partial charge in [0.2, 0.25) is 0 Å². The first kappa shape index (κ1) is 14.1. The standard InChI is InChI=1S/C13H20N6O/c1-5-18-7-10(14)12(17-18)13(20)15-11-8(3)16-19(6-2)9(11)4/h7H,5-6,14H2,1-4H3,(H,15,20). The molecule has 2 rings (SSSR count). The number of aromatic nitrogens is 4. The number of nitrogens with two attached hydrogens (primary N) is 1. The predicted molar refractivity (Wildman–Crippen MR) is 77.6 cm³/mol. The van der Waals surface area contributed by atoms with Gasteiger partial charge in [-0.25, -0.2) is 0 Å². The highest BCUT2D eigenvalue weighted by Gasteiger charge is 2.18. The lowest BCUT2D eigenvalue weighted by Crippen LogP contribution is -2.16. The molecule has 0 aliphatic rings. The average Bonchev–Trinajstić information content (AvgIpc) is 2.93. The van der Waals surface area contributed by atoms with Gasteiger partial charge in [0.05, 0.1) is 22.8 Å². The fraction of sp³-hybridized carbons (Fsp3) is 0.462. The first-order valence-electron chi connectivity index (χ1n) is 6.66. The molecule has 0 radical (unpaired) electrons. The molecule has 0 spiro atoms. The Morgan fingerprint density at radius 2 is 2.00 bits per heavy atom. The molecule has 7 nitrogen and oxygen atoms in total. The van der Waals surface area contributed by atoms with Crippen LogP contribution in [0.3, 0.4) is 0 Å². The highest BCUT2D eigenvalue weighted by Crippen LogP contribution is 2.21. The summed E-state index contributed by atoms with van der Waals surface area (Å²) < 4.78 is 3.48. The van der Waals surface area contributed by atoms with Gasteiger partial charge in [-0.15, -0.1) is 0 Å². The molecule has 2 heterocycles. The predicted octanol–water partition coefficient (Wildman–Crippen LogP) is 1.57. The lowest BCUT2D eigenvalue weighted by Gasteiger charge is -2.05. The highest BCUT2D eigenvalue weighted by atomic mass is 16.2. The first-order valence-corrected chi connectivity index (χ1v) is 6.66. The molecule has 0 bridgehead atoms. The van der Waals surface area contributed by atoms with Crippen LogP contribution in [0.4, 0.5) is 11.4 Å². The maximum Gasteiger partial charge on any atom is 0.278 e. The number of carbonyl (C=O) groups is 1. The Balaban J connectivity index is 2.27. The van der Waals surface area contributed by atoms with E-state index in [9.17, 15) is 4.79 Å². The summed E-state index contributed by atoms with van der Waals surface area (Å²) in [5, 5.41) is 11.4. The van der Waals surface area contributed by atoms with E-state index in [0.29, 0.717) is 12.2 Å². The zero-order valence-electron chi connectivity index (χ0n) is 12.3. The van der Waals surface area contributed by atoms with E-state index in [1.165, 1.54) is 0 Å². The van der Waals surface area contributed by atoms with Gasteiger partial charge in [0.25, 0.3) is 5.91 Å². The molecular formula is C13H20N6O. The van der Waals surface area contributed by atoms with Crippen molar-refractivity contribution in [2.24, 2.45) is 0 Å². The molecule has 0 aliphatic heterocycles. The third-order valence-electron chi connectivity index (χ3n) is 3.25. The molecule has 0 atom stereocenters. The zero-order valence-corrected chi connectivity index (χ0v) is 12.3. The summed E-state index contributed by atoms with van der Waals surface area (Å²) in [4.78, 5) is 12.3.